The van der Waals surface area contributed by atoms with Gasteiger partial charge in [0.25, 0.3) is 0 Å². The van der Waals surface area contributed by atoms with E-state index in [2.05, 4.69) is 17.4 Å². The van der Waals surface area contributed by atoms with Crippen molar-refractivity contribution in [3.05, 3.63) is 65.7 Å². The van der Waals surface area contributed by atoms with Crippen LogP contribution in [0.4, 0.5) is 0 Å². The van der Waals surface area contributed by atoms with Gasteiger partial charge in [-0.3, -0.25) is 4.79 Å². The molecule has 1 amide bonds. The summed E-state index contributed by atoms with van der Waals surface area (Å²) < 4.78 is 5.33. The minimum absolute atomic E-state index is 0.0411. The van der Waals surface area contributed by atoms with Crippen LogP contribution in [0.3, 0.4) is 0 Å². The summed E-state index contributed by atoms with van der Waals surface area (Å²) in [5.74, 6) is 2.14. The number of carbonyl (C=O) groups excluding carboxylic acids is 1. The summed E-state index contributed by atoms with van der Waals surface area (Å²) >= 11 is 1.62. The van der Waals surface area contributed by atoms with Gasteiger partial charge in [-0.05, 0) is 18.6 Å². The van der Waals surface area contributed by atoms with Gasteiger partial charge < -0.3 is 10.1 Å². The third-order valence-electron chi connectivity index (χ3n) is 3.33. The highest BCUT2D eigenvalue weighted by atomic mass is 32.2. The van der Waals surface area contributed by atoms with Gasteiger partial charge in [0.1, 0.15) is 5.75 Å². The highest BCUT2D eigenvalue weighted by Gasteiger charge is 2.13. The molecule has 0 radical (unpaired) electrons. The number of carbonyl (C=O) groups is 1. The van der Waals surface area contributed by atoms with Crippen molar-refractivity contribution in [1.82, 2.24) is 5.32 Å². The fourth-order valence-corrected chi connectivity index (χ4v) is 3.02. The molecule has 0 bridgehead atoms. The number of benzene rings is 2. The summed E-state index contributed by atoms with van der Waals surface area (Å²) in [4.78, 5) is 12.0. The van der Waals surface area contributed by atoms with Crippen LogP contribution in [0.1, 0.15) is 24.1 Å². The van der Waals surface area contributed by atoms with Gasteiger partial charge in [-0.25, -0.2) is 0 Å². The summed E-state index contributed by atoms with van der Waals surface area (Å²) in [6.45, 7) is 1.97. The number of thioether (sulfide) groups is 1. The number of rotatable bonds is 7. The Balaban J connectivity index is 1.81. The van der Waals surface area contributed by atoms with Gasteiger partial charge in [-0.1, -0.05) is 48.5 Å². The third-order valence-corrected chi connectivity index (χ3v) is 4.33. The molecule has 2 aromatic carbocycles. The molecular formula is C18H21NO2S. The van der Waals surface area contributed by atoms with Crippen LogP contribution in [-0.2, 0) is 10.5 Å². The van der Waals surface area contributed by atoms with E-state index in [0.29, 0.717) is 5.75 Å². The molecule has 0 aliphatic carbocycles. The Bertz CT molecular complexity index is 601. The first kappa shape index (κ1) is 16.4. The molecule has 116 valence electrons. The molecule has 2 rings (SSSR count). The molecule has 0 saturated carbocycles. The van der Waals surface area contributed by atoms with E-state index >= 15 is 0 Å². The van der Waals surface area contributed by atoms with Crippen molar-refractivity contribution in [1.29, 1.82) is 0 Å². The lowest BCUT2D eigenvalue weighted by Crippen LogP contribution is -2.28. The van der Waals surface area contributed by atoms with E-state index in [-0.39, 0.29) is 11.9 Å². The van der Waals surface area contributed by atoms with Crippen molar-refractivity contribution >= 4 is 17.7 Å². The highest BCUT2D eigenvalue weighted by molar-refractivity contribution is 7.99. The number of nitrogens with one attached hydrogen (secondary N) is 1. The predicted octanol–water partition coefficient (Wildman–Crippen LogP) is 3.81. The quantitative estimate of drug-likeness (QED) is 0.844. The van der Waals surface area contributed by atoms with Crippen LogP contribution >= 0.6 is 11.8 Å². The largest absolute Gasteiger partial charge is 0.496 e. The lowest BCUT2D eigenvalue weighted by atomic mass is 10.1. The lowest BCUT2D eigenvalue weighted by molar-refractivity contribution is -0.119. The average Bonchev–Trinajstić information content (AvgIpc) is 2.55. The van der Waals surface area contributed by atoms with E-state index in [9.17, 15) is 4.79 Å². The van der Waals surface area contributed by atoms with Gasteiger partial charge in [0.2, 0.25) is 5.91 Å². The molecule has 0 saturated heterocycles. The van der Waals surface area contributed by atoms with Crippen LogP contribution in [-0.4, -0.2) is 18.8 Å². The maximum Gasteiger partial charge on any atom is 0.230 e. The van der Waals surface area contributed by atoms with Gasteiger partial charge in [0.05, 0.1) is 18.9 Å². The molecule has 0 unspecified atom stereocenters. The van der Waals surface area contributed by atoms with E-state index in [4.69, 9.17) is 4.74 Å². The van der Waals surface area contributed by atoms with E-state index in [0.717, 1.165) is 17.1 Å². The Morgan fingerprint density at radius 3 is 2.55 bits per heavy atom. The first-order valence-electron chi connectivity index (χ1n) is 7.24. The highest BCUT2D eigenvalue weighted by Crippen LogP contribution is 2.24. The maximum atomic E-state index is 12.0. The van der Waals surface area contributed by atoms with Crippen LogP contribution in [0, 0.1) is 0 Å². The topological polar surface area (TPSA) is 38.3 Å². The van der Waals surface area contributed by atoms with Gasteiger partial charge >= 0.3 is 0 Å². The SMILES string of the molecule is COc1ccccc1[C@H](C)NC(=O)CSCc1ccccc1. The van der Waals surface area contributed by atoms with E-state index in [1.165, 1.54) is 5.56 Å². The van der Waals surface area contributed by atoms with Gasteiger partial charge in [-0.2, -0.15) is 0 Å². The second-order valence-electron chi connectivity index (χ2n) is 5.01. The van der Waals surface area contributed by atoms with E-state index in [1.54, 1.807) is 18.9 Å². The van der Waals surface area contributed by atoms with Crippen LogP contribution in [0.25, 0.3) is 0 Å². The third kappa shape index (κ3) is 4.81. The summed E-state index contributed by atoms with van der Waals surface area (Å²) in [7, 11) is 1.64. The fourth-order valence-electron chi connectivity index (χ4n) is 2.22. The summed E-state index contributed by atoms with van der Waals surface area (Å²) in [6, 6.07) is 17.8. The number of hydrogen-bond donors (Lipinski definition) is 1. The summed E-state index contributed by atoms with van der Waals surface area (Å²) in [5.41, 5.74) is 2.23. The molecule has 4 heteroatoms. The van der Waals surface area contributed by atoms with Crippen molar-refractivity contribution in [2.75, 3.05) is 12.9 Å². The molecule has 0 aromatic heterocycles. The molecule has 22 heavy (non-hydrogen) atoms. The Hall–Kier alpha value is -1.94. The number of para-hydroxylation sites is 1. The van der Waals surface area contributed by atoms with Gasteiger partial charge in [-0.15, -0.1) is 11.8 Å². The first-order chi connectivity index (χ1) is 10.7. The monoisotopic (exact) mass is 315 g/mol. The molecule has 0 fully saturated rings. The van der Waals surface area contributed by atoms with Gasteiger partial charge in [0.15, 0.2) is 0 Å². The number of ether oxygens (including phenoxy) is 1. The zero-order valence-corrected chi connectivity index (χ0v) is 13.7. The second kappa shape index (κ2) is 8.49. The lowest BCUT2D eigenvalue weighted by Gasteiger charge is -2.17. The normalized spacial score (nSPS) is 11.7. The van der Waals surface area contributed by atoms with Crippen LogP contribution in [0.5, 0.6) is 5.75 Å². The molecule has 1 N–H and O–H groups in total. The predicted molar refractivity (Wildman–Crippen MR) is 92.2 cm³/mol. The van der Waals surface area contributed by atoms with E-state index in [1.807, 2.05) is 49.4 Å². The second-order valence-corrected chi connectivity index (χ2v) is 6.00. The standard InChI is InChI=1S/C18H21NO2S/c1-14(16-10-6-7-11-17(16)21-2)19-18(20)13-22-12-15-8-4-3-5-9-15/h3-11,14H,12-13H2,1-2H3,(H,19,20)/t14-/m0/s1. The van der Waals surface area contributed by atoms with E-state index < -0.39 is 0 Å². The average molecular weight is 315 g/mol. The molecule has 0 aliphatic rings. The van der Waals surface area contributed by atoms with Crippen molar-refractivity contribution in [3.63, 3.8) is 0 Å². The van der Waals surface area contributed by atoms with Crippen LogP contribution < -0.4 is 10.1 Å². The summed E-state index contributed by atoms with van der Waals surface area (Å²) in [5, 5.41) is 3.02. The number of methoxy groups -OCH3 is 1. The van der Waals surface area contributed by atoms with Crippen molar-refractivity contribution in [2.45, 2.75) is 18.7 Å². The minimum Gasteiger partial charge on any atom is -0.496 e. The molecule has 2 aromatic rings. The maximum absolute atomic E-state index is 12.0. The Kier molecular flexibility index (Phi) is 6.34. The molecule has 1 atom stereocenters. The zero-order chi connectivity index (χ0) is 15.8. The van der Waals surface area contributed by atoms with Crippen LogP contribution in [0.15, 0.2) is 54.6 Å². The Labute approximate surface area is 136 Å². The Morgan fingerprint density at radius 1 is 1.14 bits per heavy atom. The molecule has 0 spiro atoms. The van der Waals surface area contributed by atoms with Gasteiger partial charge in [0, 0.05) is 11.3 Å². The van der Waals surface area contributed by atoms with Crippen molar-refractivity contribution in [2.24, 2.45) is 0 Å². The molecule has 3 nitrogen and oxygen atoms in total. The van der Waals surface area contributed by atoms with Crippen molar-refractivity contribution < 1.29 is 9.53 Å². The number of hydrogen-bond acceptors (Lipinski definition) is 3. The van der Waals surface area contributed by atoms with Crippen molar-refractivity contribution in [3.8, 4) is 5.75 Å². The zero-order valence-electron chi connectivity index (χ0n) is 12.9. The Morgan fingerprint density at radius 2 is 1.82 bits per heavy atom. The smallest absolute Gasteiger partial charge is 0.230 e. The number of amides is 1. The first-order valence-corrected chi connectivity index (χ1v) is 8.40. The fraction of sp³-hybridized carbons (Fsp3) is 0.278. The molecule has 0 heterocycles. The summed E-state index contributed by atoms with van der Waals surface area (Å²) in [6.07, 6.45) is 0. The molecular weight excluding hydrogens is 294 g/mol. The van der Waals surface area contributed by atoms with Crippen LogP contribution in [0.2, 0.25) is 0 Å². The minimum atomic E-state index is -0.0685. The molecule has 0 aliphatic heterocycles.